The molecule has 0 aromatic rings. The molecular formula is C16H33IN4. The Labute approximate surface area is 147 Å². The highest BCUT2D eigenvalue weighted by Crippen LogP contribution is 2.40. The summed E-state index contributed by atoms with van der Waals surface area (Å²) < 4.78 is 0. The maximum absolute atomic E-state index is 4.38. The van der Waals surface area contributed by atoms with E-state index in [1.54, 1.807) is 0 Å². The van der Waals surface area contributed by atoms with Gasteiger partial charge in [-0.2, -0.15) is 0 Å². The number of hydrogen-bond acceptors (Lipinski definition) is 2. The Bertz CT molecular complexity index is 326. The molecule has 2 rings (SSSR count). The van der Waals surface area contributed by atoms with Gasteiger partial charge in [0.25, 0.3) is 0 Å². The summed E-state index contributed by atoms with van der Waals surface area (Å²) in [5.74, 6) is 1.75. The summed E-state index contributed by atoms with van der Waals surface area (Å²) in [5, 5.41) is 7.07. The molecule has 21 heavy (non-hydrogen) atoms. The normalized spacial score (nSPS) is 25.7. The van der Waals surface area contributed by atoms with Crippen molar-refractivity contribution in [3.05, 3.63) is 0 Å². The average molecular weight is 408 g/mol. The number of hydrogen-bond donors (Lipinski definition) is 2. The van der Waals surface area contributed by atoms with Crippen molar-refractivity contribution in [3.8, 4) is 0 Å². The monoisotopic (exact) mass is 408 g/mol. The first-order chi connectivity index (χ1) is 9.67. The van der Waals surface area contributed by atoms with Crippen molar-refractivity contribution < 1.29 is 0 Å². The van der Waals surface area contributed by atoms with E-state index in [9.17, 15) is 0 Å². The van der Waals surface area contributed by atoms with E-state index in [-0.39, 0.29) is 24.0 Å². The maximum Gasteiger partial charge on any atom is 0.191 e. The molecule has 0 bridgehead atoms. The average Bonchev–Trinajstić information content (AvgIpc) is 3.09. The zero-order chi connectivity index (χ0) is 14.4. The zero-order valence-electron chi connectivity index (χ0n) is 14.0. The zero-order valence-corrected chi connectivity index (χ0v) is 16.3. The second-order valence-electron chi connectivity index (χ2n) is 6.78. The molecule has 1 unspecified atom stereocenters. The molecule has 0 aromatic heterocycles. The van der Waals surface area contributed by atoms with Gasteiger partial charge in [0, 0.05) is 26.7 Å². The highest BCUT2D eigenvalue weighted by molar-refractivity contribution is 14.0. The lowest BCUT2D eigenvalue weighted by Gasteiger charge is -2.28. The molecule has 124 valence electrons. The van der Waals surface area contributed by atoms with Crippen LogP contribution in [-0.2, 0) is 0 Å². The van der Waals surface area contributed by atoms with Crippen LogP contribution < -0.4 is 10.6 Å². The third kappa shape index (κ3) is 5.58. The SMILES string of the molecule is CCC1(CNC(=NC)NCC2CCN(C)C2)CCCC1.I. The van der Waals surface area contributed by atoms with Gasteiger partial charge in [-0.1, -0.05) is 19.8 Å². The van der Waals surface area contributed by atoms with Gasteiger partial charge in [0.2, 0.25) is 0 Å². The molecule has 5 heteroatoms. The van der Waals surface area contributed by atoms with Crippen molar-refractivity contribution in [3.63, 3.8) is 0 Å². The smallest absolute Gasteiger partial charge is 0.191 e. The van der Waals surface area contributed by atoms with Crippen molar-refractivity contribution in [2.24, 2.45) is 16.3 Å². The van der Waals surface area contributed by atoms with Crippen molar-refractivity contribution in [2.45, 2.75) is 45.4 Å². The molecule has 1 saturated carbocycles. The van der Waals surface area contributed by atoms with E-state index < -0.39 is 0 Å². The summed E-state index contributed by atoms with van der Waals surface area (Å²) in [6.45, 7) is 6.90. The van der Waals surface area contributed by atoms with Crippen LogP contribution >= 0.6 is 24.0 Å². The Morgan fingerprint density at radius 2 is 2.00 bits per heavy atom. The van der Waals surface area contributed by atoms with Gasteiger partial charge >= 0.3 is 0 Å². The molecular weight excluding hydrogens is 375 g/mol. The standard InChI is InChI=1S/C16H32N4.HI/c1-4-16(8-5-6-9-16)13-19-15(17-2)18-11-14-7-10-20(3)12-14;/h14H,4-13H2,1-3H3,(H2,17,18,19);1H. The number of rotatable bonds is 5. The summed E-state index contributed by atoms with van der Waals surface area (Å²) in [5.41, 5.74) is 0.519. The van der Waals surface area contributed by atoms with E-state index in [0.717, 1.165) is 25.0 Å². The highest BCUT2D eigenvalue weighted by atomic mass is 127. The molecule has 2 aliphatic rings. The molecule has 1 atom stereocenters. The Morgan fingerprint density at radius 1 is 1.29 bits per heavy atom. The molecule has 2 fully saturated rings. The van der Waals surface area contributed by atoms with Gasteiger partial charge in [-0.15, -0.1) is 24.0 Å². The van der Waals surface area contributed by atoms with Gasteiger partial charge in [-0.25, -0.2) is 0 Å². The Balaban J connectivity index is 0.00000220. The highest BCUT2D eigenvalue weighted by Gasteiger charge is 2.31. The summed E-state index contributed by atoms with van der Waals surface area (Å²) in [6, 6.07) is 0. The first kappa shape index (κ1) is 19.0. The topological polar surface area (TPSA) is 39.7 Å². The third-order valence-electron chi connectivity index (χ3n) is 5.32. The van der Waals surface area contributed by atoms with Gasteiger partial charge in [0.15, 0.2) is 5.96 Å². The fourth-order valence-electron chi connectivity index (χ4n) is 3.71. The van der Waals surface area contributed by atoms with Gasteiger partial charge < -0.3 is 15.5 Å². The van der Waals surface area contributed by atoms with Gasteiger partial charge in [-0.05, 0) is 50.6 Å². The predicted molar refractivity (Wildman–Crippen MR) is 102 cm³/mol. The largest absolute Gasteiger partial charge is 0.356 e. The summed E-state index contributed by atoms with van der Waals surface area (Å²) in [4.78, 5) is 6.79. The van der Waals surface area contributed by atoms with Crippen molar-refractivity contribution in [2.75, 3.05) is 40.3 Å². The predicted octanol–water partition coefficient (Wildman–Crippen LogP) is 2.69. The number of halogens is 1. The van der Waals surface area contributed by atoms with E-state index in [2.05, 4.69) is 34.5 Å². The van der Waals surface area contributed by atoms with Crippen LogP contribution in [0.5, 0.6) is 0 Å². The Hall–Kier alpha value is -0.0400. The molecule has 1 aliphatic heterocycles. The van der Waals surface area contributed by atoms with Gasteiger partial charge in [0.05, 0.1) is 0 Å². The molecule has 0 spiro atoms. The fourth-order valence-corrected chi connectivity index (χ4v) is 3.71. The molecule has 0 radical (unpaired) electrons. The van der Waals surface area contributed by atoms with Gasteiger partial charge in [-0.3, -0.25) is 4.99 Å². The van der Waals surface area contributed by atoms with Crippen molar-refractivity contribution in [1.29, 1.82) is 0 Å². The molecule has 0 aromatic carbocycles. The second kappa shape index (κ2) is 9.18. The first-order valence-corrected chi connectivity index (χ1v) is 8.30. The van der Waals surface area contributed by atoms with Gasteiger partial charge in [0.1, 0.15) is 0 Å². The van der Waals surface area contributed by atoms with Crippen molar-refractivity contribution in [1.82, 2.24) is 15.5 Å². The van der Waals surface area contributed by atoms with Crippen LogP contribution in [0, 0.1) is 11.3 Å². The lowest BCUT2D eigenvalue weighted by atomic mass is 9.83. The minimum absolute atomic E-state index is 0. The van der Waals surface area contributed by atoms with E-state index in [0.29, 0.717) is 5.41 Å². The van der Waals surface area contributed by atoms with E-state index in [1.165, 1.54) is 51.6 Å². The molecule has 1 saturated heterocycles. The molecule has 2 N–H and O–H groups in total. The van der Waals surface area contributed by atoms with Crippen LogP contribution in [0.15, 0.2) is 4.99 Å². The Morgan fingerprint density at radius 3 is 2.52 bits per heavy atom. The minimum atomic E-state index is 0. The summed E-state index contributed by atoms with van der Waals surface area (Å²) in [7, 11) is 4.08. The summed E-state index contributed by atoms with van der Waals surface area (Å²) >= 11 is 0. The third-order valence-corrected chi connectivity index (χ3v) is 5.32. The maximum atomic E-state index is 4.38. The number of aliphatic imine (C=N–C) groups is 1. The Kier molecular flexibility index (Phi) is 8.31. The van der Waals surface area contributed by atoms with E-state index in [4.69, 9.17) is 0 Å². The molecule has 1 heterocycles. The van der Waals surface area contributed by atoms with E-state index >= 15 is 0 Å². The lowest BCUT2D eigenvalue weighted by Crippen LogP contribution is -2.44. The van der Waals surface area contributed by atoms with Crippen LogP contribution in [0.1, 0.15) is 45.4 Å². The van der Waals surface area contributed by atoms with Crippen LogP contribution in [0.2, 0.25) is 0 Å². The van der Waals surface area contributed by atoms with Crippen LogP contribution in [0.25, 0.3) is 0 Å². The number of nitrogens with zero attached hydrogens (tertiary/aromatic N) is 2. The fraction of sp³-hybridized carbons (Fsp3) is 0.938. The lowest BCUT2D eigenvalue weighted by molar-refractivity contribution is 0.283. The number of likely N-dealkylation sites (tertiary alicyclic amines) is 1. The van der Waals surface area contributed by atoms with Crippen LogP contribution in [-0.4, -0.2) is 51.1 Å². The second-order valence-corrected chi connectivity index (χ2v) is 6.78. The minimum Gasteiger partial charge on any atom is -0.356 e. The van der Waals surface area contributed by atoms with E-state index in [1.807, 2.05) is 7.05 Å². The molecule has 0 amide bonds. The quantitative estimate of drug-likeness (QED) is 0.418. The summed E-state index contributed by atoms with van der Waals surface area (Å²) in [6.07, 6.45) is 8.14. The molecule has 4 nitrogen and oxygen atoms in total. The molecule has 1 aliphatic carbocycles. The van der Waals surface area contributed by atoms with Crippen molar-refractivity contribution >= 4 is 29.9 Å². The van der Waals surface area contributed by atoms with Crippen LogP contribution in [0.3, 0.4) is 0 Å². The van der Waals surface area contributed by atoms with Crippen LogP contribution in [0.4, 0.5) is 0 Å². The first-order valence-electron chi connectivity index (χ1n) is 8.30. The number of guanidine groups is 1. The number of nitrogens with one attached hydrogen (secondary N) is 2.